The Labute approximate surface area is 125 Å². The number of aromatic nitrogens is 3. The molecule has 3 rings (SSSR count). The minimum atomic E-state index is 0.0774. The van der Waals surface area contributed by atoms with Crippen molar-refractivity contribution in [3.8, 4) is 0 Å². The van der Waals surface area contributed by atoms with Gasteiger partial charge < -0.3 is 10.5 Å². The van der Waals surface area contributed by atoms with Gasteiger partial charge in [-0.1, -0.05) is 29.5 Å². The molecule has 1 aliphatic heterocycles. The number of nitrogens with two attached hydrogens (primary N) is 1. The number of unbranched alkanes of at least 4 members (excludes halogenated alkanes) is 1. The van der Waals surface area contributed by atoms with Crippen LogP contribution >= 0.6 is 0 Å². The molecule has 1 aromatic carbocycles. The van der Waals surface area contributed by atoms with E-state index in [1.807, 2.05) is 10.9 Å². The number of aryl methyl sites for hydroxylation is 1. The summed E-state index contributed by atoms with van der Waals surface area (Å²) in [4.78, 5) is 0. The molecule has 0 saturated heterocycles. The zero-order valence-corrected chi connectivity index (χ0v) is 12.2. The summed E-state index contributed by atoms with van der Waals surface area (Å²) < 4.78 is 7.80. The molecule has 0 spiro atoms. The van der Waals surface area contributed by atoms with Crippen LogP contribution in [0, 0.1) is 0 Å². The molecule has 0 bridgehead atoms. The molecular formula is C16H22N4O. The summed E-state index contributed by atoms with van der Waals surface area (Å²) >= 11 is 0. The van der Waals surface area contributed by atoms with Gasteiger partial charge in [-0.25, -0.2) is 4.68 Å². The van der Waals surface area contributed by atoms with Crippen molar-refractivity contribution in [3.05, 3.63) is 47.3 Å². The monoisotopic (exact) mass is 286 g/mol. The average molecular weight is 286 g/mol. The van der Waals surface area contributed by atoms with Crippen molar-refractivity contribution in [2.24, 2.45) is 5.73 Å². The molecule has 0 fully saturated rings. The van der Waals surface area contributed by atoms with Crippen LogP contribution in [0.15, 0.2) is 30.5 Å². The highest BCUT2D eigenvalue weighted by Crippen LogP contribution is 2.27. The summed E-state index contributed by atoms with van der Waals surface area (Å²) in [6, 6.07) is 8.50. The van der Waals surface area contributed by atoms with E-state index in [4.69, 9.17) is 10.5 Å². The van der Waals surface area contributed by atoms with Crippen molar-refractivity contribution < 1.29 is 4.74 Å². The van der Waals surface area contributed by atoms with Crippen molar-refractivity contribution in [1.82, 2.24) is 15.0 Å². The smallest absolute Gasteiger partial charge is 0.102 e. The molecule has 0 radical (unpaired) electrons. The third kappa shape index (κ3) is 3.49. The third-order valence-electron chi connectivity index (χ3n) is 3.92. The highest BCUT2D eigenvalue weighted by atomic mass is 16.5. The summed E-state index contributed by atoms with van der Waals surface area (Å²) in [7, 11) is 0. The Balaban J connectivity index is 1.65. The summed E-state index contributed by atoms with van der Waals surface area (Å²) in [6.45, 7) is 2.24. The lowest BCUT2D eigenvalue weighted by Crippen LogP contribution is -2.20. The fourth-order valence-electron chi connectivity index (χ4n) is 2.79. The minimum absolute atomic E-state index is 0.0774. The Hall–Kier alpha value is -1.72. The fraction of sp³-hybridized carbons (Fsp3) is 0.500. The maximum Gasteiger partial charge on any atom is 0.102 e. The van der Waals surface area contributed by atoms with Gasteiger partial charge in [-0.2, -0.15) is 0 Å². The van der Waals surface area contributed by atoms with E-state index in [1.54, 1.807) is 0 Å². The minimum Gasteiger partial charge on any atom is -0.371 e. The molecule has 5 heteroatoms. The van der Waals surface area contributed by atoms with E-state index in [1.165, 1.54) is 11.1 Å². The van der Waals surface area contributed by atoms with Gasteiger partial charge in [0.15, 0.2) is 0 Å². The van der Waals surface area contributed by atoms with Crippen LogP contribution in [0.2, 0.25) is 0 Å². The second kappa shape index (κ2) is 6.83. The molecule has 112 valence electrons. The molecule has 1 aliphatic rings. The van der Waals surface area contributed by atoms with Crippen molar-refractivity contribution in [2.45, 2.75) is 38.3 Å². The lowest BCUT2D eigenvalue weighted by molar-refractivity contribution is 0.0279. The van der Waals surface area contributed by atoms with Gasteiger partial charge in [-0.05, 0) is 43.4 Å². The second-order valence-corrected chi connectivity index (χ2v) is 5.49. The van der Waals surface area contributed by atoms with Crippen LogP contribution in [0.5, 0.6) is 0 Å². The Morgan fingerprint density at radius 3 is 3.10 bits per heavy atom. The van der Waals surface area contributed by atoms with E-state index in [2.05, 4.69) is 34.6 Å². The molecule has 2 heterocycles. The van der Waals surface area contributed by atoms with Gasteiger partial charge in [0.2, 0.25) is 0 Å². The number of benzene rings is 1. The first kappa shape index (κ1) is 14.2. The van der Waals surface area contributed by atoms with Crippen molar-refractivity contribution >= 4 is 0 Å². The SMILES string of the molecule is NCCCCc1cn(CC2OCCc3ccccc32)nn1. The first-order valence-electron chi connectivity index (χ1n) is 7.65. The number of hydrogen-bond acceptors (Lipinski definition) is 4. The van der Waals surface area contributed by atoms with Crippen LogP contribution in [-0.2, 0) is 24.1 Å². The van der Waals surface area contributed by atoms with Gasteiger partial charge >= 0.3 is 0 Å². The molecule has 1 aromatic heterocycles. The fourth-order valence-corrected chi connectivity index (χ4v) is 2.79. The largest absolute Gasteiger partial charge is 0.371 e. The average Bonchev–Trinajstić information content (AvgIpc) is 2.96. The number of fused-ring (bicyclic) bond motifs is 1. The lowest BCUT2D eigenvalue weighted by Gasteiger charge is -2.25. The normalized spacial score (nSPS) is 17.7. The number of hydrogen-bond donors (Lipinski definition) is 1. The predicted molar refractivity (Wildman–Crippen MR) is 80.9 cm³/mol. The van der Waals surface area contributed by atoms with Crippen LogP contribution in [0.1, 0.15) is 35.8 Å². The van der Waals surface area contributed by atoms with E-state index in [0.29, 0.717) is 0 Å². The quantitative estimate of drug-likeness (QED) is 0.823. The molecule has 1 unspecified atom stereocenters. The standard InChI is InChI=1S/C16H22N4O/c17-9-4-3-6-14-11-20(19-18-14)12-16-15-7-2-1-5-13(15)8-10-21-16/h1-2,5,7,11,16H,3-4,6,8-10,12,17H2. The Morgan fingerprint density at radius 1 is 1.29 bits per heavy atom. The van der Waals surface area contributed by atoms with Gasteiger partial charge in [-0.15, -0.1) is 5.10 Å². The zero-order chi connectivity index (χ0) is 14.5. The van der Waals surface area contributed by atoms with Crippen LogP contribution in [0.3, 0.4) is 0 Å². The van der Waals surface area contributed by atoms with E-state index >= 15 is 0 Å². The summed E-state index contributed by atoms with van der Waals surface area (Å²) in [5, 5.41) is 8.44. The molecule has 0 saturated carbocycles. The van der Waals surface area contributed by atoms with Gasteiger partial charge in [-0.3, -0.25) is 0 Å². The maximum absolute atomic E-state index is 5.91. The van der Waals surface area contributed by atoms with Crippen LogP contribution in [0.25, 0.3) is 0 Å². The zero-order valence-electron chi connectivity index (χ0n) is 12.2. The van der Waals surface area contributed by atoms with Crippen molar-refractivity contribution in [2.75, 3.05) is 13.2 Å². The number of ether oxygens (including phenoxy) is 1. The summed E-state index contributed by atoms with van der Waals surface area (Å²) in [6.07, 6.45) is 6.14. The first-order valence-corrected chi connectivity index (χ1v) is 7.65. The third-order valence-corrected chi connectivity index (χ3v) is 3.92. The summed E-state index contributed by atoms with van der Waals surface area (Å²) in [5.74, 6) is 0. The van der Waals surface area contributed by atoms with Gasteiger partial charge in [0.05, 0.1) is 18.8 Å². The summed E-state index contributed by atoms with van der Waals surface area (Å²) in [5.41, 5.74) is 9.21. The predicted octanol–water partition coefficient (Wildman–Crippen LogP) is 1.87. The molecule has 1 atom stereocenters. The molecule has 0 aliphatic carbocycles. The van der Waals surface area contributed by atoms with E-state index < -0.39 is 0 Å². The van der Waals surface area contributed by atoms with Gasteiger partial charge in [0.1, 0.15) is 6.10 Å². The highest BCUT2D eigenvalue weighted by Gasteiger charge is 2.21. The van der Waals surface area contributed by atoms with Gasteiger partial charge in [0, 0.05) is 6.20 Å². The van der Waals surface area contributed by atoms with E-state index in [9.17, 15) is 0 Å². The van der Waals surface area contributed by atoms with Crippen LogP contribution in [-0.4, -0.2) is 28.1 Å². The molecule has 5 nitrogen and oxygen atoms in total. The van der Waals surface area contributed by atoms with E-state index in [-0.39, 0.29) is 6.10 Å². The maximum atomic E-state index is 5.91. The molecule has 21 heavy (non-hydrogen) atoms. The Morgan fingerprint density at radius 2 is 2.19 bits per heavy atom. The van der Waals surface area contributed by atoms with Crippen molar-refractivity contribution in [3.63, 3.8) is 0 Å². The Kier molecular flexibility index (Phi) is 4.62. The number of rotatable bonds is 6. The first-order chi connectivity index (χ1) is 10.4. The highest BCUT2D eigenvalue weighted by molar-refractivity contribution is 5.30. The molecular weight excluding hydrogens is 264 g/mol. The molecule has 2 aromatic rings. The van der Waals surface area contributed by atoms with Crippen LogP contribution in [0.4, 0.5) is 0 Å². The second-order valence-electron chi connectivity index (χ2n) is 5.49. The lowest BCUT2D eigenvalue weighted by atomic mass is 9.98. The van der Waals surface area contributed by atoms with Crippen molar-refractivity contribution in [1.29, 1.82) is 0 Å². The van der Waals surface area contributed by atoms with Gasteiger partial charge in [0.25, 0.3) is 0 Å². The van der Waals surface area contributed by atoms with Crippen LogP contribution < -0.4 is 5.73 Å². The Bertz CT molecular complexity index is 581. The molecule has 0 amide bonds. The number of nitrogens with zero attached hydrogens (tertiary/aromatic N) is 3. The molecule has 2 N–H and O–H groups in total. The topological polar surface area (TPSA) is 66.0 Å². The van der Waals surface area contributed by atoms with E-state index in [0.717, 1.165) is 51.1 Å².